The monoisotopic (exact) mass is 196 g/mol. The van der Waals surface area contributed by atoms with Crippen LogP contribution in [0.15, 0.2) is 29.2 Å². The molecule has 1 aromatic rings. The van der Waals surface area contributed by atoms with E-state index in [9.17, 15) is 12.8 Å². The molecule has 0 amide bonds. The largest absolute Gasteiger partial charge is 0.297 e. The Morgan fingerprint density at radius 2 is 1.75 bits per heavy atom. The molecule has 6 heteroatoms. The SMILES string of the molecule is F.O=S(=O)(O)c1ccccc1F. The number of rotatable bonds is 1. The highest BCUT2D eigenvalue weighted by molar-refractivity contribution is 7.85. The molecule has 0 aliphatic rings. The summed E-state index contributed by atoms with van der Waals surface area (Å²) in [5.74, 6) is -0.949. The number of halogens is 2. The standard InChI is InChI=1S/C6H5FO3S.FH/c7-5-3-1-2-4-6(5)11(8,9)10;/h1-4H,(H,8,9,10);1H. The maximum Gasteiger partial charge on any atom is 0.297 e. The van der Waals surface area contributed by atoms with E-state index >= 15 is 0 Å². The molecule has 0 saturated carbocycles. The molecule has 68 valence electrons. The highest BCUT2D eigenvalue weighted by Crippen LogP contribution is 2.11. The topological polar surface area (TPSA) is 54.4 Å². The Balaban J connectivity index is 0.00000121. The minimum atomic E-state index is -4.41. The van der Waals surface area contributed by atoms with E-state index in [1.54, 1.807) is 0 Å². The van der Waals surface area contributed by atoms with Gasteiger partial charge in [0.2, 0.25) is 0 Å². The molecule has 0 radical (unpaired) electrons. The molecule has 3 nitrogen and oxygen atoms in total. The third kappa shape index (κ3) is 2.24. The quantitative estimate of drug-likeness (QED) is 0.687. The van der Waals surface area contributed by atoms with Gasteiger partial charge in [0.1, 0.15) is 10.7 Å². The van der Waals surface area contributed by atoms with Crippen LogP contribution in [0.1, 0.15) is 0 Å². The van der Waals surface area contributed by atoms with Gasteiger partial charge in [-0.15, -0.1) is 0 Å². The summed E-state index contributed by atoms with van der Waals surface area (Å²) in [5, 5.41) is 0. The predicted molar refractivity (Wildman–Crippen MR) is 38.7 cm³/mol. The lowest BCUT2D eigenvalue weighted by molar-refractivity contribution is 0.473. The Bertz CT molecular complexity index is 361. The Morgan fingerprint density at radius 3 is 2.08 bits per heavy atom. The highest BCUT2D eigenvalue weighted by atomic mass is 32.2. The van der Waals surface area contributed by atoms with Crippen LogP contribution >= 0.6 is 0 Å². The Hall–Kier alpha value is -1.01. The van der Waals surface area contributed by atoms with Crippen molar-refractivity contribution in [1.82, 2.24) is 0 Å². The molecule has 0 aromatic heterocycles. The van der Waals surface area contributed by atoms with Gasteiger partial charge in [-0.1, -0.05) is 12.1 Å². The summed E-state index contributed by atoms with van der Waals surface area (Å²) in [7, 11) is -4.41. The normalized spacial score (nSPS) is 10.5. The predicted octanol–water partition coefficient (Wildman–Crippen LogP) is 1.22. The fraction of sp³-hybridized carbons (Fsp3) is 0. The van der Waals surface area contributed by atoms with E-state index in [4.69, 9.17) is 4.55 Å². The second-order valence-corrected chi connectivity index (χ2v) is 3.30. The van der Waals surface area contributed by atoms with Crippen LogP contribution in [0, 0.1) is 5.82 Å². The molecular weight excluding hydrogens is 190 g/mol. The summed E-state index contributed by atoms with van der Waals surface area (Å²) >= 11 is 0. The van der Waals surface area contributed by atoms with Gasteiger partial charge in [-0.3, -0.25) is 9.26 Å². The maximum atomic E-state index is 12.5. The Kier molecular flexibility index (Phi) is 3.29. The van der Waals surface area contributed by atoms with Crippen molar-refractivity contribution in [2.45, 2.75) is 4.90 Å². The first-order chi connectivity index (χ1) is 5.02. The lowest BCUT2D eigenvalue weighted by Gasteiger charge is -1.95. The lowest BCUT2D eigenvalue weighted by Crippen LogP contribution is -2.00. The first-order valence-electron chi connectivity index (χ1n) is 2.74. The van der Waals surface area contributed by atoms with Crippen LogP contribution in [0.2, 0.25) is 0 Å². The van der Waals surface area contributed by atoms with Crippen molar-refractivity contribution in [3.8, 4) is 0 Å². The van der Waals surface area contributed by atoms with Gasteiger partial charge >= 0.3 is 0 Å². The summed E-state index contributed by atoms with van der Waals surface area (Å²) in [5.41, 5.74) is 0. The van der Waals surface area contributed by atoms with Gasteiger partial charge in [-0.05, 0) is 12.1 Å². The van der Waals surface area contributed by atoms with Crippen molar-refractivity contribution in [2.24, 2.45) is 0 Å². The van der Waals surface area contributed by atoms with Crippen LogP contribution in [0.25, 0.3) is 0 Å². The molecule has 0 aliphatic heterocycles. The Labute approximate surface area is 68.0 Å². The van der Waals surface area contributed by atoms with Crippen molar-refractivity contribution >= 4 is 10.1 Å². The van der Waals surface area contributed by atoms with Gasteiger partial charge in [0, 0.05) is 0 Å². The van der Waals surface area contributed by atoms with E-state index in [-0.39, 0.29) is 4.70 Å². The van der Waals surface area contributed by atoms with E-state index in [0.29, 0.717) is 0 Å². The zero-order chi connectivity index (χ0) is 8.48. The molecule has 0 saturated heterocycles. The van der Waals surface area contributed by atoms with Crippen LogP contribution in [0.5, 0.6) is 0 Å². The van der Waals surface area contributed by atoms with Crippen molar-refractivity contribution in [3.63, 3.8) is 0 Å². The van der Waals surface area contributed by atoms with Gasteiger partial charge in [-0.2, -0.15) is 8.42 Å². The van der Waals surface area contributed by atoms with Crippen LogP contribution in [-0.4, -0.2) is 13.0 Å². The van der Waals surface area contributed by atoms with Gasteiger partial charge in [-0.25, -0.2) is 4.39 Å². The maximum absolute atomic E-state index is 12.5. The second kappa shape index (κ2) is 3.59. The summed E-state index contributed by atoms with van der Waals surface area (Å²) < 4.78 is 41.7. The van der Waals surface area contributed by atoms with Crippen LogP contribution in [0.4, 0.5) is 9.09 Å². The van der Waals surface area contributed by atoms with Gasteiger partial charge in [0.25, 0.3) is 10.1 Å². The zero-order valence-corrected chi connectivity index (χ0v) is 6.58. The summed E-state index contributed by atoms with van der Waals surface area (Å²) in [6.45, 7) is 0. The van der Waals surface area contributed by atoms with Gasteiger partial charge in [0.05, 0.1) is 0 Å². The minimum absolute atomic E-state index is 0. The van der Waals surface area contributed by atoms with Crippen LogP contribution in [-0.2, 0) is 10.1 Å². The third-order valence-electron chi connectivity index (χ3n) is 1.11. The fourth-order valence-corrected chi connectivity index (χ4v) is 1.22. The molecule has 0 spiro atoms. The molecule has 0 atom stereocenters. The van der Waals surface area contributed by atoms with E-state index in [1.807, 2.05) is 0 Å². The van der Waals surface area contributed by atoms with E-state index in [2.05, 4.69) is 0 Å². The molecule has 1 aromatic carbocycles. The van der Waals surface area contributed by atoms with Crippen molar-refractivity contribution < 1.29 is 22.1 Å². The van der Waals surface area contributed by atoms with Crippen molar-refractivity contribution in [3.05, 3.63) is 30.1 Å². The van der Waals surface area contributed by atoms with Gasteiger partial charge < -0.3 is 0 Å². The molecule has 0 unspecified atom stereocenters. The molecule has 1 N–H and O–H groups in total. The minimum Gasteiger partial charge on any atom is -0.282 e. The first-order valence-corrected chi connectivity index (χ1v) is 4.18. The van der Waals surface area contributed by atoms with Crippen LogP contribution < -0.4 is 0 Å². The number of hydrogen-bond donors (Lipinski definition) is 1. The molecule has 0 bridgehead atoms. The average Bonchev–Trinajstić information content (AvgIpc) is 1.86. The van der Waals surface area contributed by atoms with Crippen molar-refractivity contribution in [1.29, 1.82) is 0 Å². The van der Waals surface area contributed by atoms with E-state index in [1.165, 1.54) is 12.1 Å². The van der Waals surface area contributed by atoms with Crippen molar-refractivity contribution in [2.75, 3.05) is 0 Å². The van der Waals surface area contributed by atoms with E-state index < -0.39 is 20.8 Å². The van der Waals surface area contributed by atoms with Gasteiger partial charge in [0.15, 0.2) is 0 Å². The summed E-state index contributed by atoms with van der Waals surface area (Å²) in [6, 6.07) is 4.62. The van der Waals surface area contributed by atoms with E-state index in [0.717, 1.165) is 12.1 Å². The number of benzene rings is 1. The molecule has 0 heterocycles. The average molecular weight is 196 g/mol. The third-order valence-corrected chi connectivity index (χ3v) is 2.00. The second-order valence-electron chi connectivity index (χ2n) is 1.91. The molecule has 0 aliphatic carbocycles. The first kappa shape index (κ1) is 11.0. The summed E-state index contributed by atoms with van der Waals surface area (Å²) in [4.78, 5) is -0.694. The molecule has 1 rings (SSSR count). The fourth-order valence-electron chi connectivity index (χ4n) is 0.654. The summed E-state index contributed by atoms with van der Waals surface area (Å²) in [6.07, 6.45) is 0. The Morgan fingerprint density at radius 1 is 1.25 bits per heavy atom. The smallest absolute Gasteiger partial charge is 0.282 e. The zero-order valence-electron chi connectivity index (χ0n) is 5.77. The molecule has 12 heavy (non-hydrogen) atoms. The van der Waals surface area contributed by atoms with Crippen LogP contribution in [0.3, 0.4) is 0 Å². The number of hydrogen-bond acceptors (Lipinski definition) is 2. The molecular formula is C6H6F2O3S. The lowest BCUT2D eigenvalue weighted by atomic mass is 10.4. The highest BCUT2D eigenvalue weighted by Gasteiger charge is 2.13. The molecule has 0 fully saturated rings.